The van der Waals surface area contributed by atoms with Crippen LogP contribution in [-0.2, 0) is 9.47 Å². The van der Waals surface area contributed by atoms with Crippen molar-refractivity contribution in [3.63, 3.8) is 0 Å². The van der Waals surface area contributed by atoms with E-state index in [0.717, 1.165) is 0 Å². The van der Waals surface area contributed by atoms with E-state index in [1.165, 1.54) is 25.7 Å². The molecule has 0 bridgehead atoms. The maximum Gasteiger partial charge on any atom is 0.0950 e. The molecule has 2 nitrogen and oxygen atoms in total. The van der Waals surface area contributed by atoms with E-state index >= 15 is 0 Å². The van der Waals surface area contributed by atoms with Crippen LogP contribution >= 0.6 is 0 Å². The van der Waals surface area contributed by atoms with Crippen LogP contribution in [-0.4, -0.2) is 23.4 Å². The Hall–Kier alpha value is -0.0800. The zero-order valence-electron chi connectivity index (χ0n) is 7.80. The van der Waals surface area contributed by atoms with Crippen LogP contribution in [0.5, 0.6) is 0 Å². The molecule has 2 heteroatoms. The predicted octanol–water partition coefficient (Wildman–Crippen LogP) is 1.88. The Morgan fingerprint density at radius 2 is 1.50 bits per heavy atom. The van der Waals surface area contributed by atoms with Gasteiger partial charge in [-0.15, -0.1) is 0 Å². The molecule has 1 saturated carbocycles. The summed E-state index contributed by atoms with van der Waals surface area (Å²) in [5.74, 6) is 0. The lowest BCUT2D eigenvalue weighted by atomic mass is 9.84. The van der Waals surface area contributed by atoms with E-state index in [2.05, 4.69) is 13.8 Å². The molecule has 0 aromatic heterocycles. The van der Waals surface area contributed by atoms with E-state index < -0.39 is 0 Å². The Balaban J connectivity index is 1.77. The molecule has 2 aliphatic heterocycles. The summed E-state index contributed by atoms with van der Waals surface area (Å²) in [6.45, 7) is 4.49. The van der Waals surface area contributed by atoms with Gasteiger partial charge in [0.2, 0.25) is 0 Å². The van der Waals surface area contributed by atoms with Crippen molar-refractivity contribution >= 4 is 0 Å². The van der Waals surface area contributed by atoms with E-state index in [1.54, 1.807) is 0 Å². The first-order chi connectivity index (χ1) is 5.63. The average Bonchev–Trinajstić information content (AvgIpc) is 2.83. The Labute approximate surface area is 73.2 Å². The molecule has 0 N–H and O–H groups in total. The number of hydrogen-bond acceptors (Lipinski definition) is 2. The SMILES string of the molecule is CC12CCC3OC3CCC1(C)O2. The van der Waals surface area contributed by atoms with Crippen LogP contribution in [0.25, 0.3) is 0 Å². The second kappa shape index (κ2) is 1.88. The molecule has 0 amide bonds. The lowest BCUT2D eigenvalue weighted by Gasteiger charge is -2.13. The number of epoxide rings is 2. The molecule has 4 atom stereocenters. The van der Waals surface area contributed by atoms with Crippen LogP contribution in [0.1, 0.15) is 39.5 Å². The molecule has 2 heterocycles. The summed E-state index contributed by atoms with van der Waals surface area (Å²) in [6.07, 6.45) is 5.94. The lowest BCUT2D eigenvalue weighted by Crippen LogP contribution is -2.23. The zero-order valence-corrected chi connectivity index (χ0v) is 7.80. The highest BCUT2D eigenvalue weighted by Crippen LogP contribution is 2.56. The average molecular weight is 168 g/mol. The molecule has 4 unspecified atom stereocenters. The van der Waals surface area contributed by atoms with Gasteiger partial charge in [0.15, 0.2) is 0 Å². The van der Waals surface area contributed by atoms with Gasteiger partial charge in [-0.25, -0.2) is 0 Å². The number of hydrogen-bond donors (Lipinski definition) is 0. The highest BCUT2D eigenvalue weighted by atomic mass is 16.6. The highest BCUT2D eigenvalue weighted by molar-refractivity contribution is 5.13. The van der Waals surface area contributed by atoms with Gasteiger partial charge in [-0.05, 0) is 39.5 Å². The van der Waals surface area contributed by atoms with Crippen LogP contribution in [0.15, 0.2) is 0 Å². The summed E-state index contributed by atoms with van der Waals surface area (Å²) in [7, 11) is 0. The summed E-state index contributed by atoms with van der Waals surface area (Å²) >= 11 is 0. The Morgan fingerprint density at radius 3 is 2.00 bits per heavy atom. The van der Waals surface area contributed by atoms with Crippen molar-refractivity contribution in [3.8, 4) is 0 Å². The third kappa shape index (κ3) is 0.826. The molecule has 68 valence electrons. The van der Waals surface area contributed by atoms with Crippen LogP contribution in [0, 0.1) is 0 Å². The maximum absolute atomic E-state index is 5.83. The number of ether oxygens (including phenoxy) is 2. The molecule has 12 heavy (non-hydrogen) atoms. The minimum absolute atomic E-state index is 0.184. The van der Waals surface area contributed by atoms with E-state index in [0.29, 0.717) is 12.2 Å². The van der Waals surface area contributed by atoms with Crippen LogP contribution in [0.4, 0.5) is 0 Å². The molecule has 1 aliphatic carbocycles. The Kier molecular flexibility index (Phi) is 1.15. The number of fused-ring (bicyclic) bond motifs is 2. The first-order valence-electron chi connectivity index (χ1n) is 4.99. The topological polar surface area (TPSA) is 25.1 Å². The predicted molar refractivity (Wildman–Crippen MR) is 45.0 cm³/mol. The van der Waals surface area contributed by atoms with Gasteiger partial charge in [0.1, 0.15) is 0 Å². The standard InChI is InChI=1S/C10H16O2/c1-9-5-3-7-8(11-7)4-6-10(9,2)12-9/h7-8H,3-6H2,1-2H3. The van der Waals surface area contributed by atoms with Crippen molar-refractivity contribution in [1.82, 2.24) is 0 Å². The van der Waals surface area contributed by atoms with Crippen molar-refractivity contribution in [1.29, 1.82) is 0 Å². The monoisotopic (exact) mass is 168 g/mol. The van der Waals surface area contributed by atoms with Gasteiger partial charge in [0.25, 0.3) is 0 Å². The lowest BCUT2D eigenvalue weighted by molar-refractivity contribution is 0.246. The van der Waals surface area contributed by atoms with Crippen molar-refractivity contribution in [2.24, 2.45) is 0 Å². The minimum Gasteiger partial charge on any atom is -0.370 e. The highest BCUT2D eigenvalue weighted by Gasteiger charge is 2.64. The van der Waals surface area contributed by atoms with E-state index in [9.17, 15) is 0 Å². The fourth-order valence-electron chi connectivity index (χ4n) is 2.62. The third-order valence-corrected chi connectivity index (χ3v) is 4.03. The second-order valence-corrected chi connectivity index (χ2v) is 4.85. The molecule has 0 aromatic rings. The maximum atomic E-state index is 5.83. The van der Waals surface area contributed by atoms with Crippen molar-refractivity contribution in [3.05, 3.63) is 0 Å². The first kappa shape index (κ1) is 7.34. The van der Waals surface area contributed by atoms with Gasteiger partial charge in [0, 0.05) is 0 Å². The normalized spacial score (nSPS) is 62.5. The summed E-state index contributed by atoms with van der Waals surface area (Å²) in [5, 5.41) is 0. The van der Waals surface area contributed by atoms with Crippen molar-refractivity contribution in [2.45, 2.75) is 62.9 Å². The van der Waals surface area contributed by atoms with Crippen molar-refractivity contribution < 1.29 is 9.47 Å². The van der Waals surface area contributed by atoms with Gasteiger partial charge in [-0.1, -0.05) is 0 Å². The van der Waals surface area contributed by atoms with Gasteiger partial charge in [0.05, 0.1) is 23.4 Å². The largest absolute Gasteiger partial charge is 0.370 e. The molecular formula is C10H16O2. The summed E-state index contributed by atoms with van der Waals surface area (Å²) < 4.78 is 11.4. The van der Waals surface area contributed by atoms with Crippen molar-refractivity contribution in [2.75, 3.05) is 0 Å². The summed E-state index contributed by atoms with van der Waals surface area (Å²) in [6, 6.07) is 0. The zero-order chi connectivity index (χ0) is 8.40. The minimum atomic E-state index is 0.184. The molecule has 0 spiro atoms. The molecule has 2 saturated heterocycles. The smallest absolute Gasteiger partial charge is 0.0950 e. The molecule has 0 aromatic carbocycles. The van der Waals surface area contributed by atoms with Crippen LogP contribution in [0.2, 0.25) is 0 Å². The van der Waals surface area contributed by atoms with Crippen LogP contribution < -0.4 is 0 Å². The molecule has 0 radical (unpaired) electrons. The molecule has 3 rings (SSSR count). The van der Waals surface area contributed by atoms with Gasteiger partial charge >= 0.3 is 0 Å². The number of rotatable bonds is 0. The Morgan fingerprint density at radius 1 is 1.00 bits per heavy atom. The van der Waals surface area contributed by atoms with Gasteiger partial charge in [-0.2, -0.15) is 0 Å². The van der Waals surface area contributed by atoms with E-state index in [1.807, 2.05) is 0 Å². The van der Waals surface area contributed by atoms with Crippen LogP contribution in [0.3, 0.4) is 0 Å². The van der Waals surface area contributed by atoms with Gasteiger partial charge < -0.3 is 9.47 Å². The Bertz CT molecular complexity index is 206. The second-order valence-electron chi connectivity index (χ2n) is 4.85. The summed E-state index contributed by atoms with van der Waals surface area (Å²) in [4.78, 5) is 0. The van der Waals surface area contributed by atoms with Gasteiger partial charge in [-0.3, -0.25) is 0 Å². The quantitative estimate of drug-likeness (QED) is 0.516. The molecule has 3 fully saturated rings. The van der Waals surface area contributed by atoms with E-state index in [-0.39, 0.29) is 11.2 Å². The fraction of sp³-hybridized carbons (Fsp3) is 1.00. The van der Waals surface area contributed by atoms with E-state index in [4.69, 9.17) is 9.47 Å². The third-order valence-electron chi connectivity index (χ3n) is 4.03. The first-order valence-corrected chi connectivity index (χ1v) is 4.99. The molecular weight excluding hydrogens is 152 g/mol. The fourth-order valence-corrected chi connectivity index (χ4v) is 2.62. The summed E-state index contributed by atoms with van der Waals surface area (Å²) in [5.41, 5.74) is 0.369. The molecule has 3 aliphatic rings.